The van der Waals surface area contributed by atoms with Gasteiger partial charge >= 0.3 is 0 Å². The van der Waals surface area contributed by atoms with E-state index in [1.165, 1.54) is 17.6 Å². The molecule has 0 spiro atoms. The van der Waals surface area contributed by atoms with Gasteiger partial charge in [0, 0.05) is 6.54 Å². The highest BCUT2D eigenvalue weighted by Gasteiger charge is 2.16. The average Bonchev–Trinajstić information content (AvgIpc) is 2.16. The molecule has 14 heavy (non-hydrogen) atoms. The van der Waals surface area contributed by atoms with Crippen LogP contribution in [0.1, 0.15) is 15.9 Å². The Morgan fingerprint density at radius 1 is 1.36 bits per heavy atom. The predicted molar refractivity (Wildman–Crippen MR) is 46.9 cm³/mol. The Morgan fingerprint density at radius 2 is 1.86 bits per heavy atom. The minimum absolute atomic E-state index is 0.127. The summed E-state index contributed by atoms with van der Waals surface area (Å²) in [4.78, 5) is 10.9. The molecule has 0 radical (unpaired) electrons. The number of benzene rings is 1. The molecule has 0 bridgehead atoms. The average molecular weight is 198 g/mol. The van der Waals surface area contributed by atoms with E-state index in [0.717, 1.165) is 0 Å². The first-order valence-corrected chi connectivity index (χ1v) is 3.79. The first kappa shape index (κ1) is 10.3. The smallest absolute Gasteiger partial charge is 0.282 e. The van der Waals surface area contributed by atoms with Crippen LogP contribution in [0.3, 0.4) is 0 Å². The fraction of sp³-hybridized carbons (Fsp3) is 0.125. The summed E-state index contributed by atoms with van der Waals surface area (Å²) in [6, 6.07) is 2.48. The monoisotopic (exact) mass is 198 g/mol. The van der Waals surface area contributed by atoms with E-state index in [0.29, 0.717) is 5.56 Å². The van der Waals surface area contributed by atoms with Crippen molar-refractivity contribution in [2.24, 2.45) is 5.73 Å². The van der Waals surface area contributed by atoms with Crippen molar-refractivity contribution in [1.82, 2.24) is 5.48 Å². The van der Waals surface area contributed by atoms with Crippen molar-refractivity contribution in [2.45, 2.75) is 6.54 Å². The molecule has 0 fully saturated rings. The maximum Gasteiger partial charge on any atom is 0.282 e. The van der Waals surface area contributed by atoms with Crippen molar-refractivity contribution in [1.29, 1.82) is 0 Å². The van der Waals surface area contributed by atoms with Crippen LogP contribution in [0.5, 0.6) is 11.5 Å². The van der Waals surface area contributed by atoms with Gasteiger partial charge in [-0.1, -0.05) is 0 Å². The maximum atomic E-state index is 10.9. The van der Waals surface area contributed by atoms with Crippen molar-refractivity contribution >= 4 is 5.91 Å². The lowest BCUT2D eigenvalue weighted by Gasteiger charge is -2.07. The Labute approximate surface area is 79.5 Å². The van der Waals surface area contributed by atoms with Crippen LogP contribution in [-0.4, -0.2) is 21.3 Å². The molecule has 6 heteroatoms. The third-order valence-electron chi connectivity index (χ3n) is 1.72. The van der Waals surface area contributed by atoms with Crippen LogP contribution in [0.25, 0.3) is 0 Å². The number of carbonyl (C=O) groups excluding carboxylic acids is 1. The molecule has 0 aromatic heterocycles. The zero-order valence-corrected chi connectivity index (χ0v) is 7.19. The summed E-state index contributed by atoms with van der Waals surface area (Å²) in [7, 11) is 0. The molecule has 6 N–H and O–H groups in total. The van der Waals surface area contributed by atoms with Crippen LogP contribution in [-0.2, 0) is 6.54 Å². The van der Waals surface area contributed by atoms with Gasteiger partial charge < -0.3 is 15.9 Å². The highest BCUT2D eigenvalue weighted by molar-refractivity contribution is 5.98. The van der Waals surface area contributed by atoms with Gasteiger partial charge in [-0.2, -0.15) is 0 Å². The van der Waals surface area contributed by atoms with Crippen LogP contribution in [0, 0.1) is 0 Å². The molecule has 0 atom stereocenters. The van der Waals surface area contributed by atoms with Gasteiger partial charge in [-0.15, -0.1) is 0 Å². The minimum atomic E-state index is -0.983. The van der Waals surface area contributed by atoms with Gasteiger partial charge in [0.15, 0.2) is 0 Å². The quantitative estimate of drug-likeness (QED) is 0.330. The van der Waals surface area contributed by atoms with E-state index in [9.17, 15) is 15.0 Å². The molecule has 1 aromatic rings. The number of phenolic OH excluding ortho intramolecular Hbond substituents is 2. The van der Waals surface area contributed by atoms with Crippen molar-refractivity contribution in [3.8, 4) is 11.5 Å². The van der Waals surface area contributed by atoms with E-state index < -0.39 is 17.4 Å². The second-order valence-electron chi connectivity index (χ2n) is 2.65. The molecular formula is C8H10N2O4. The van der Waals surface area contributed by atoms with Crippen LogP contribution in [0.4, 0.5) is 0 Å². The molecule has 1 aromatic carbocycles. The SMILES string of the molecule is NCc1cc(O)c(C(=O)NO)c(O)c1. The highest BCUT2D eigenvalue weighted by Crippen LogP contribution is 2.28. The summed E-state index contributed by atoms with van der Waals surface area (Å²) < 4.78 is 0. The van der Waals surface area contributed by atoms with E-state index in [1.54, 1.807) is 0 Å². The standard InChI is InChI=1S/C8H10N2O4/c9-3-4-1-5(11)7(6(12)2-4)8(13)10-14/h1-2,11-12,14H,3,9H2,(H,10,13). The molecule has 0 saturated heterocycles. The molecule has 0 aliphatic heterocycles. The molecule has 0 aliphatic carbocycles. The number of hydroxylamine groups is 1. The topological polar surface area (TPSA) is 116 Å². The molecule has 76 valence electrons. The number of nitrogens with one attached hydrogen (secondary N) is 1. The van der Waals surface area contributed by atoms with Gasteiger partial charge in [-0.25, -0.2) is 5.48 Å². The Morgan fingerprint density at radius 3 is 2.21 bits per heavy atom. The van der Waals surface area contributed by atoms with Gasteiger partial charge in [0.25, 0.3) is 5.91 Å². The first-order chi connectivity index (χ1) is 6.60. The molecule has 1 rings (SSSR count). The van der Waals surface area contributed by atoms with E-state index in [-0.39, 0.29) is 12.1 Å². The molecule has 0 saturated carbocycles. The predicted octanol–water partition coefficient (Wildman–Crippen LogP) is -0.325. The summed E-state index contributed by atoms with van der Waals surface area (Å²) >= 11 is 0. The number of aromatic hydroxyl groups is 2. The largest absolute Gasteiger partial charge is 0.507 e. The second-order valence-corrected chi connectivity index (χ2v) is 2.65. The van der Waals surface area contributed by atoms with Crippen LogP contribution in [0.15, 0.2) is 12.1 Å². The lowest BCUT2D eigenvalue weighted by Crippen LogP contribution is -2.19. The molecular weight excluding hydrogens is 188 g/mol. The van der Waals surface area contributed by atoms with Gasteiger partial charge in [0.05, 0.1) is 0 Å². The summed E-state index contributed by atoms with van der Waals surface area (Å²) in [6.07, 6.45) is 0. The number of phenols is 2. The Bertz CT molecular complexity index is 341. The van der Waals surface area contributed by atoms with Crippen LogP contribution in [0.2, 0.25) is 0 Å². The van der Waals surface area contributed by atoms with E-state index in [1.807, 2.05) is 0 Å². The third-order valence-corrected chi connectivity index (χ3v) is 1.72. The summed E-state index contributed by atoms with van der Waals surface area (Å²) in [5, 5.41) is 27.0. The number of amides is 1. The number of hydrogen-bond acceptors (Lipinski definition) is 5. The third kappa shape index (κ3) is 1.76. The Hall–Kier alpha value is -1.79. The first-order valence-electron chi connectivity index (χ1n) is 3.79. The number of hydrogen-bond donors (Lipinski definition) is 5. The van der Waals surface area contributed by atoms with Crippen molar-refractivity contribution < 1.29 is 20.2 Å². The Balaban J connectivity index is 3.25. The second kappa shape index (κ2) is 3.95. The fourth-order valence-electron chi connectivity index (χ4n) is 1.07. The zero-order chi connectivity index (χ0) is 10.7. The number of carbonyl (C=O) groups is 1. The molecule has 1 amide bonds. The zero-order valence-electron chi connectivity index (χ0n) is 7.19. The van der Waals surface area contributed by atoms with Gasteiger partial charge in [-0.05, 0) is 17.7 Å². The molecule has 0 unspecified atom stereocenters. The fourth-order valence-corrected chi connectivity index (χ4v) is 1.07. The summed E-state index contributed by atoms with van der Waals surface area (Å²) in [5.74, 6) is -1.85. The summed E-state index contributed by atoms with van der Waals surface area (Å²) in [5.41, 5.74) is 6.68. The van der Waals surface area contributed by atoms with Crippen molar-refractivity contribution in [2.75, 3.05) is 0 Å². The van der Waals surface area contributed by atoms with E-state index >= 15 is 0 Å². The van der Waals surface area contributed by atoms with Crippen molar-refractivity contribution in [3.05, 3.63) is 23.3 Å². The van der Waals surface area contributed by atoms with Gasteiger partial charge in [0.1, 0.15) is 17.1 Å². The molecule has 0 aliphatic rings. The van der Waals surface area contributed by atoms with Crippen LogP contribution < -0.4 is 11.2 Å². The van der Waals surface area contributed by atoms with E-state index in [4.69, 9.17) is 10.9 Å². The van der Waals surface area contributed by atoms with E-state index in [2.05, 4.69) is 0 Å². The van der Waals surface area contributed by atoms with Crippen LogP contribution >= 0.6 is 0 Å². The van der Waals surface area contributed by atoms with Crippen molar-refractivity contribution in [3.63, 3.8) is 0 Å². The lowest BCUT2D eigenvalue weighted by molar-refractivity contribution is 0.0700. The molecule has 6 nitrogen and oxygen atoms in total. The minimum Gasteiger partial charge on any atom is -0.507 e. The number of nitrogens with two attached hydrogens (primary N) is 1. The lowest BCUT2D eigenvalue weighted by atomic mass is 10.1. The highest BCUT2D eigenvalue weighted by atomic mass is 16.5. The normalized spacial score (nSPS) is 9.86. The Kier molecular flexibility index (Phi) is 2.90. The maximum absolute atomic E-state index is 10.9. The van der Waals surface area contributed by atoms with Gasteiger partial charge in [-0.3, -0.25) is 10.0 Å². The molecule has 0 heterocycles. The number of rotatable bonds is 2. The van der Waals surface area contributed by atoms with Gasteiger partial charge in [0.2, 0.25) is 0 Å². The summed E-state index contributed by atoms with van der Waals surface area (Å²) in [6.45, 7) is 0.127.